The number of fused-ring (bicyclic) bond motifs is 1. The van der Waals surface area contributed by atoms with E-state index in [1.165, 1.54) is 0 Å². The van der Waals surface area contributed by atoms with E-state index in [9.17, 15) is 10.2 Å². The van der Waals surface area contributed by atoms with Crippen LogP contribution in [0, 0.1) is 6.92 Å². The Balaban J connectivity index is 2.20. The summed E-state index contributed by atoms with van der Waals surface area (Å²) in [6.07, 6.45) is 1.78. The standard InChI is InChI=1S/C13H20N4O2/c1-9-11-4-10(5-14-12(11)17(3)16-9)6-15-13(2,7-18)8-19/h4-5,15,18-19H,6-8H2,1-3H3. The fourth-order valence-corrected chi connectivity index (χ4v) is 1.93. The van der Waals surface area contributed by atoms with Crippen LogP contribution in [0.3, 0.4) is 0 Å². The topological polar surface area (TPSA) is 83.2 Å². The summed E-state index contributed by atoms with van der Waals surface area (Å²) in [6.45, 7) is 4.02. The molecule has 19 heavy (non-hydrogen) atoms. The molecule has 104 valence electrons. The lowest BCUT2D eigenvalue weighted by atomic mass is 10.1. The summed E-state index contributed by atoms with van der Waals surface area (Å²) in [7, 11) is 1.87. The molecular formula is C13H20N4O2. The molecule has 0 atom stereocenters. The highest BCUT2D eigenvalue weighted by molar-refractivity contribution is 5.78. The van der Waals surface area contributed by atoms with Gasteiger partial charge in [-0.2, -0.15) is 5.10 Å². The molecule has 0 bridgehead atoms. The van der Waals surface area contributed by atoms with Gasteiger partial charge in [0.05, 0.1) is 24.4 Å². The first-order valence-electron chi connectivity index (χ1n) is 6.24. The number of nitrogens with one attached hydrogen (secondary N) is 1. The quantitative estimate of drug-likeness (QED) is 0.714. The largest absolute Gasteiger partial charge is 0.394 e. The second-order valence-corrected chi connectivity index (χ2v) is 5.15. The van der Waals surface area contributed by atoms with E-state index in [-0.39, 0.29) is 13.2 Å². The predicted octanol–water partition coefficient (Wildman–Crippen LogP) is 0.110. The third-order valence-corrected chi connectivity index (χ3v) is 3.34. The third-order valence-electron chi connectivity index (χ3n) is 3.34. The molecule has 0 amide bonds. The smallest absolute Gasteiger partial charge is 0.157 e. The zero-order valence-electron chi connectivity index (χ0n) is 11.5. The van der Waals surface area contributed by atoms with Crippen LogP contribution in [0.5, 0.6) is 0 Å². The van der Waals surface area contributed by atoms with Crippen molar-refractivity contribution in [2.24, 2.45) is 7.05 Å². The van der Waals surface area contributed by atoms with Crippen molar-refractivity contribution in [1.29, 1.82) is 0 Å². The molecule has 0 saturated carbocycles. The Bertz CT molecular complexity index is 575. The van der Waals surface area contributed by atoms with E-state index >= 15 is 0 Å². The molecule has 6 heteroatoms. The Morgan fingerprint density at radius 2 is 2.05 bits per heavy atom. The van der Waals surface area contributed by atoms with E-state index in [1.54, 1.807) is 17.8 Å². The summed E-state index contributed by atoms with van der Waals surface area (Å²) in [4.78, 5) is 4.39. The van der Waals surface area contributed by atoms with Crippen LogP contribution in [-0.4, -0.2) is 43.7 Å². The summed E-state index contributed by atoms with van der Waals surface area (Å²) in [5.41, 5.74) is 2.11. The first kappa shape index (κ1) is 13.9. The van der Waals surface area contributed by atoms with E-state index in [2.05, 4.69) is 15.4 Å². The number of rotatable bonds is 5. The van der Waals surface area contributed by atoms with Gasteiger partial charge in [0.1, 0.15) is 0 Å². The van der Waals surface area contributed by atoms with E-state index in [0.717, 1.165) is 22.3 Å². The minimum absolute atomic E-state index is 0.120. The Morgan fingerprint density at radius 3 is 2.68 bits per heavy atom. The summed E-state index contributed by atoms with van der Waals surface area (Å²) in [6, 6.07) is 2.03. The van der Waals surface area contributed by atoms with Crippen LogP contribution in [-0.2, 0) is 13.6 Å². The SMILES string of the molecule is Cc1nn(C)c2ncc(CNC(C)(CO)CO)cc12. The van der Waals surface area contributed by atoms with Gasteiger partial charge in [-0.1, -0.05) is 0 Å². The zero-order valence-corrected chi connectivity index (χ0v) is 11.5. The number of aromatic nitrogens is 3. The van der Waals surface area contributed by atoms with E-state index < -0.39 is 5.54 Å². The minimum atomic E-state index is -0.682. The molecule has 0 aliphatic heterocycles. The highest BCUT2D eigenvalue weighted by atomic mass is 16.3. The van der Waals surface area contributed by atoms with Crippen LogP contribution in [0.4, 0.5) is 0 Å². The van der Waals surface area contributed by atoms with Crippen LogP contribution < -0.4 is 5.32 Å². The Labute approximate surface area is 112 Å². The summed E-state index contributed by atoms with van der Waals surface area (Å²) in [5, 5.41) is 26.9. The van der Waals surface area contributed by atoms with Crippen molar-refractivity contribution in [2.75, 3.05) is 13.2 Å². The molecule has 0 saturated heterocycles. The number of pyridine rings is 1. The molecule has 2 rings (SSSR count). The Morgan fingerprint density at radius 1 is 1.37 bits per heavy atom. The number of aryl methyl sites for hydroxylation is 2. The summed E-state index contributed by atoms with van der Waals surface area (Å²) in [5.74, 6) is 0. The van der Waals surface area contributed by atoms with Crippen molar-refractivity contribution in [1.82, 2.24) is 20.1 Å². The molecule has 2 heterocycles. The van der Waals surface area contributed by atoms with Crippen LogP contribution in [0.15, 0.2) is 12.3 Å². The number of aliphatic hydroxyl groups is 2. The molecule has 2 aromatic heterocycles. The number of aliphatic hydroxyl groups excluding tert-OH is 2. The molecule has 6 nitrogen and oxygen atoms in total. The van der Waals surface area contributed by atoms with E-state index in [0.29, 0.717) is 6.54 Å². The molecule has 0 spiro atoms. The first-order valence-corrected chi connectivity index (χ1v) is 6.24. The molecule has 3 N–H and O–H groups in total. The fourth-order valence-electron chi connectivity index (χ4n) is 1.93. The Kier molecular flexibility index (Phi) is 3.84. The monoisotopic (exact) mass is 264 g/mol. The van der Waals surface area contributed by atoms with Crippen molar-refractivity contribution in [3.05, 3.63) is 23.5 Å². The van der Waals surface area contributed by atoms with Crippen molar-refractivity contribution in [3.8, 4) is 0 Å². The van der Waals surface area contributed by atoms with Gasteiger partial charge in [0, 0.05) is 25.2 Å². The van der Waals surface area contributed by atoms with Crippen LogP contribution in [0.25, 0.3) is 11.0 Å². The molecule has 0 radical (unpaired) electrons. The van der Waals surface area contributed by atoms with Crippen molar-refractivity contribution < 1.29 is 10.2 Å². The van der Waals surface area contributed by atoms with Gasteiger partial charge in [-0.05, 0) is 25.5 Å². The lowest BCUT2D eigenvalue weighted by Crippen LogP contribution is -2.48. The van der Waals surface area contributed by atoms with Gasteiger partial charge in [-0.25, -0.2) is 4.98 Å². The first-order chi connectivity index (χ1) is 8.99. The predicted molar refractivity (Wildman–Crippen MR) is 72.7 cm³/mol. The number of hydrogen-bond donors (Lipinski definition) is 3. The molecule has 2 aromatic rings. The molecule has 0 aromatic carbocycles. The van der Waals surface area contributed by atoms with Crippen molar-refractivity contribution >= 4 is 11.0 Å². The minimum Gasteiger partial charge on any atom is -0.394 e. The lowest BCUT2D eigenvalue weighted by Gasteiger charge is -2.26. The normalized spacial score (nSPS) is 12.3. The van der Waals surface area contributed by atoms with Crippen LogP contribution in [0.2, 0.25) is 0 Å². The van der Waals surface area contributed by atoms with Crippen molar-refractivity contribution in [3.63, 3.8) is 0 Å². The van der Waals surface area contributed by atoms with Crippen LogP contribution >= 0.6 is 0 Å². The maximum atomic E-state index is 9.23. The average molecular weight is 264 g/mol. The van der Waals surface area contributed by atoms with Crippen molar-refractivity contribution in [2.45, 2.75) is 25.9 Å². The van der Waals surface area contributed by atoms with Gasteiger partial charge in [0.15, 0.2) is 5.65 Å². The van der Waals surface area contributed by atoms with Gasteiger partial charge in [0.2, 0.25) is 0 Å². The average Bonchev–Trinajstić information content (AvgIpc) is 2.71. The number of hydrogen-bond acceptors (Lipinski definition) is 5. The Hall–Kier alpha value is -1.50. The van der Waals surface area contributed by atoms with Gasteiger partial charge in [-0.3, -0.25) is 4.68 Å². The second-order valence-electron chi connectivity index (χ2n) is 5.15. The van der Waals surface area contributed by atoms with E-state index in [4.69, 9.17) is 0 Å². The summed E-state index contributed by atoms with van der Waals surface area (Å²) >= 11 is 0. The van der Waals surface area contributed by atoms with Gasteiger partial charge in [-0.15, -0.1) is 0 Å². The zero-order chi connectivity index (χ0) is 14.0. The third kappa shape index (κ3) is 2.75. The highest BCUT2D eigenvalue weighted by Crippen LogP contribution is 2.16. The second kappa shape index (κ2) is 5.24. The van der Waals surface area contributed by atoms with Gasteiger partial charge >= 0.3 is 0 Å². The molecule has 0 fully saturated rings. The van der Waals surface area contributed by atoms with E-state index in [1.807, 2.05) is 20.0 Å². The van der Waals surface area contributed by atoms with Gasteiger partial charge in [0.25, 0.3) is 0 Å². The lowest BCUT2D eigenvalue weighted by molar-refractivity contribution is 0.103. The van der Waals surface area contributed by atoms with Gasteiger partial charge < -0.3 is 15.5 Å². The molecule has 0 unspecified atom stereocenters. The highest BCUT2D eigenvalue weighted by Gasteiger charge is 2.21. The molecule has 0 aliphatic carbocycles. The molecule has 0 aliphatic rings. The maximum absolute atomic E-state index is 9.23. The summed E-state index contributed by atoms with van der Waals surface area (Å²) < 4.78 is 1.76. The number of nitrogens with zero attached hydrogens (tertiary/aromatic N) is 3. The fraction of sp³-hybridized carbons (Fsp3) is 0.538. The maximum Gasteiger partial charge on any atom is 0.157 e. The molecular weight excluding hydrogens is 244 g/mol. The van der Waals surface area contributed by atoms with Crippen LogP contribution in [0.1, 0.15) is 18.2 Å².